The highest BCUT2D eigenvalue weighted by Crippen LogP contribution is 2.06. The summed E-state index contributed by atoms with van der Waals surface area (Å²) in [5.74, 6) is 0.159. The fourth-order valence-corrected chi connectivity index (χ4v) is 0.645. The van der Waals surface area contributed by atoms with Gasteiger partial charge in [0.1, 0.15) is 0 Å². The van der Waals surface area contributed by atoms with Crippen molar-refractivity contribution in [1.29, 1.82) is 0 Å². The summed E-state index contributed by atoms with van der Waals surface area (Å²) in [7, 11) is 2.82. The van der Waals surface area contributed by atoms with Crippen molar-refractivity contribution in [3.63, 3.8) is 0 Å². The van der Waals surface area contributed by atoms with E-state index < -0.39 is 0 Å². The van der Waals surface area contributed by atoms with E-state index >= 15 is 0 Å². The van der Waals surface area contributed by atoms with Crippen LogP contribution < -0.4 is 9.47 Å². The highest BCUT2D eigenvalue weighted by atomic mass is 16.5. The van der Waals surface area contributed by atoms with E-state index in [-0.39, 0.29) is 17.8 Å². The van der Waals surface area contributed by atoms with Gasteiger partial charge in [0.25, 0.3) is 0 Å². The molecule has 0 saturated carbocycles. The van der Waals surface area contributed by atoms with Crippen molar-refractivity contribution in [3.8, 4) is 12.0 Å². The van der Waals surface area contributed by atoms with Crippen LogP contribution in [-0.4, -0.2) is 40.2 Å². The molecule has 0 aliphatic rings. The first kappa shape index (κ1) is 9.08. The SMILES string of the molecule is COc1nc(C=[N+]=[N-])nc(OC)n1. The molecule has 0 aliphatic heterocycles. The number of rotatable bonds is 3. The third-order valence-corrected chi connectivity index (χ3v) is 1.15. The van der Waals surface area contributed by atoms with Crippen molar-refractivity contribution >= 4 is 6.21 Å². The van der Waals surface area contributed by atoms with E-state index in [1.165, 1.54) is 14.2 Å². The van der Waals surface area contributed by atoms with Crippen molar-refractivity contribution in [2.24, 2.45) is 0 Å². The minimum absolute atomic E-state index is 0.0988. The molecule has 1 aromatic heterocycles. The van der Waals surface area contributed by atoms with Gasteiger partial charge in [-0.05, 0) is 0 Å². The Morgan fingerprint density at radius 3 is 2.08 bits per heavy atom. The van der Waals surface area contributed by atoms with Crippen LogP contribution in [0.2, 0.25) is 0 Å². The summed E-state index contributed by atoms with van der Waals surface area (Å²) in [6, 6.07) is 0.198. The topological polar surface area (TPSA) is 93.5 Å². The summed E-state index contributed by atoms with van der Waals surface area (Å²) in [6.07, 6.45) is 1.05. The standard InChI is InChI=1S/C6H7N5O2/c1-12-5-9-4(3-8-7)10-6(11-5)13-2/h3H,1-2H3. The number of ether oxygens (including phenoxy) is 2. The Hall–Kier alpha value is -2.01. The zero-order valence-electron chi connectivity index (χ0n) is 7.13. The van der Waals surface area contributed by atoms with Crippen LogP contribution in [0.15, 0.2) is 0 Å². The average Bonchev–Trinajstić information content (AvgIpc) is 2.17. The lowest BCUT2D eigenvalue weighted by molar-refractivity contribution is 0.00382. The lowest BCUT2D eigenvalue weighted by atomic mass is 10.6. The average molecular weight is 181 g/mol. The number of nitrogens with zero attached hydrogens (tertiary/aromatic N) is 5. The summed E-state index contributed by atoms with van der Waals surface area (Å²) < 4.78 is 9.52. The van der Waals surface area contributed by atoms with Crippen molar-refractivity contribution in [2.75, 3.05) is 14.2 Å². The van der Waals surface area contributed by atoms with Crippen LogP contribution in [0.3, 0.4) is 0 Å². The number of aromatic nitrogens is 3. The van der Waals surface area contributed by atoms with Gasteiger partial charge in [0.15, 0.2) is 0 Å². The van der Waals surface area contributed by atoms with Gasteiger partial charge in [0.2, 0.25) is 5.82 Å². The second-order valence-corrected chi connectivity index (χ2v) is 1.91. The molecule has 0 aromatic carbocycles. The molecule has 0 amide bonds. The maximum atomic E-state index is 8.23. The quantitative estimate of drug-likeness (QED) is 0.357. The van der Waals surface area contributed by atoms with Gasteiger partial charge >= 0.3 is 18.2 Å². The van der Waals surface area contributed by atoms with Gasteiger partial charge in [-0.15, -0.1) is 4.98 Å². The zero-order valence-corrected chi connectivity index (χ0v) is 7.13. The van der Waals surface area contributed by atoms with Crippen molar-refractivity contribution in [1.82, 2.24) is 15.0 Å². The molecule has 0 fully saturated rings. The normalized spacial score (nSPS) is 8.77. The minimum atomic E-state index is 0.0988. The van der Waals surface area contributed by atoms with E-state index in [2.05, 4.69) is 19.7 Å². The Morgan fingerprint density at radius 1 is 1.15 bits per heavy atom. The third-order valence-electron chi connectivity index (χ3n) is 1.15. The Kier molecular flexibility index (Phi) is 2.88. The zero-order chi connectivity index (χ0) is 9.68. The van der Waals surface area contributed by atoms with E-state index in [0.29, 0.717) is 0 Å². The predicted octanol–water partition coefficient (Wildman–Crippen LogP) is -0.463. The van der Waals surface area contributed by atoms with Gasteiger partial charge < -0.3 is 15.0 Å². The molecular formula is C6H7N5O2. The second-order valence-electron chi connectivity index (χ2n) is 1.91. The molecule has 1 heterocycles. The molecule has 7 nitrogen and oxygen atoms in total. The number of methoxy groups -OCH3 is 2. The molecule has 0 N–H and O–H groups in total. The summed E-state index contributed by atoms with van der Waals surface area (Å²) >= 11 is 0. The molecule has 0 saturated heterocycles. The Balaban J connectivity index is 3.14. The molecule has 0 unspecified atom stereocenters. The Bertz CT molecular complexity index is 325. The molecule has 68 valence electrons. The lowest BCUT2D eigenvalue weighted by Crippen LogP contribution is -2.03. The molecule has 13 heavy (non-hydrogen) atoms. The van der Waals surface area contributed by atoms with Crippen LogP contribution in [0.5, 0.6) is 12.0 Å². The van der Waals surface area contributed by atoms with Gasteiger partial charge in [0, 0.05) is 0 Å². The van der Waals surface area contributed by atoms with Gasteiger partial charge in [-0.25, -0.2) is 0 Å². The van der Waals surface area contributed by atoms with Gasteiger partial charge in [-0.2, -0.15) is 14.8 Å². The third kappa shape index (κ3) is 2.21. The monoisotopic (exact) mass is 181 g/mol. The van der Waals surface area contributed by atoms with E-state index in [1.807, 2.05) is 0 Å². The largest absolute Gasteiger partial charge is 0.467 e. The van der Waals surface area contributed by atoms with Crippen LogP contribution in [-0.2, 0) is 0 Å². The van der Waals surface area contributed by atoms with Gasteiger partial charge in [-0.1, -0.05) is 0 Å². The highest BCUT2D eigenvalue weighted by Gasteiger charge is 2.06. The summed E-state index contributed by atoms with van der Waals surface area (Å²) in [5, 5.41) is 0. The molecule has 0 bridgehead atoms. The highest BCUT2D eigenvalue weighted by molar-refractivity contribution is 5.69. The minimum Gasteiger partial charge on any atom is -0.467 e. The predicted molar refractivity (Wildman–Crippen MR) is 41.7 cm³/mol. The second kappa shape index (κ2) is 4.13. The fraction of sp³-hybridized carbons (Fsp3) is 0.333. The van der Waals surface area contributed by atoms with Crippen LogP contribution in [0.4, 0.5) is 0 Å². The first-order valence-corrected chi connectivity index (χ1v) is 3.31. The molecular weight excluding hydrogens is 174 g/mol. The smallest absolute Gasteiger partial charge is 0.325 e. The van der Waals surface area contributed by atoms with Crippen LogP contribution in [0.25, 0.3) is 5.53 Å². The molecule has 0 spiro atoms. The number of hydrogen-bond donors (Lipinski definition) is 0. The van der Waals surface area contributed by atoms with Crippen molar-refractivity contribution in [3.05, 3.63) is 11.4 Å². The fourth-order valence-electron chi connectivity index (χ4n) is 0.645. The molecule has 0 radical (unpaired) electrons. The van der Waals surface area contributed by atoms with Crippen LogP contribution in [0, 0.1) is 0 Å². The van der Waals surface area contributed by atoms with Crippen LogP contribution in [0.1, 0.15) is 5.82 Å². The first-order chi connectivity index (χ1) is 6.30. The molecule has 1 rings (SSSR count). The Labute approximate surface area is 74.0 Å². The van der Waals surface area contributed by atoms with E-state index in [9.17, 15) is 0 Å². The summed E-state index contributed by atoms with van der Waals surface area (Å²) in [5.41, 5.74) is 8.23. The molecule has 0 atom stereocenters. The van der Waals surface area contributed by atoms with E-state index in [1.54, 1.807) is 0 Å². The summed E-state index contributed by atoms with van der Waals surface area (Å²) in [6.45, 7) is 0. The molecule has 7 heteroatoms. The van der Waals surface area contributed by atoms with E-state index in [4.69, 9.17) is 15.0 Å². The van der Waals surface area contributed by atoms with Crippen molar-refractivity contribution < 1.29 is 14.3 Å². The van der Waals surface area contributed by atoms with Gasteiger partial charge in [-0.3, -0.25) is 0 Å². The van der Waals surface area contributed by atoms with Crippen LogP contribution >= 0.6 is 0 Å². The molecule has 0 aliphatic carbocycles. The first-order valence-electron chi connectivity index (χ1n) is 3.31. The maximum Gasteiger partial charge on any atom is 0.325 e. The van der Waals surface area contributed by atoms with E-state index in [0.717, 1.165) is 6.21 Å². The number of hydrogen-bond acceptors (Lipinski definition) is 5. The lowest BCUT2D eigenvalue weighted by Gasteiger charge is -1.99. The van der Waals surface area contributed by atoms with Crippen molar-refractivity contribution in [2.45, 2.75) is 0 Å². The molecule has 1 aromatic rings. The van der Waals surface area contributed by atoms with Gasteiger partial charge in [0.05, 0.1) is 14.2 Å². The summed E-state index contributed by atoms with van der Waals surface area (Å²) in [4.78, 5) is 14.0. The maximum absolute atomic E-state index is 8.23. The Morgan fingerprint density at radius 2 is 1.69 bits per heavy atom.